The highest BCUT2D eigenvalue weighted by Crippen LogP contribution is 2.38. The van der Waals surface area contributed by atoms with Crippen molar-refractivity contribution in [3.05, 3.63) is 63.6 Å². The van der Waals surface area contributed by atoms with Crippen molar-refractivity contribution in [2.75, 3.05) is 27.4 Å². The fraction of sp³-hybridized carbons (Fsp3) is 0.304. The third kappa shape index (κ3) is 6.94. The predicted molar refractivity (Wildman–Crippen MR) is 122 cm³/mol. The van der Waals surface area contributed by atoms with Crippen LogP contribution in [-0.2, 0) is 28.5 Å². The first kappa shape index (κ1) is 27.4. The standard InChI is InChI=1S/C23H20F6N2O4S/c1-33-8-7-30-21-31-20(32)19(36-21)10-13-3-6-17(18(9-13)34-2)35-12-14-4-5-15(22(24,25)26)11-16(14)23(27,28)29/h3-6,9-11H,7-8,12H2,1-2H3,(H,30,31,32). The zero-order valence-electron chi connectivity index (χ0n) is 18.9. The summed E-state index contributed by atoms with van der Waals surface area (Å²) < 4.78 is 94.4. The maximum absolute atomic E-state index is 13.4. The number of nitrogens with one attached hydrogen (secondary N) is 1. The van der Waals surface area contributed by atoms with E-state index in [1.807, 2.05) is 0 Å². The number of halogens is 6. The summed E-state index contributed by atoms with van der Waals surface area (Å²) in [6.07, 6.45) is -8.37. The van der Waals surface area contributed by atoms with Crippen LogP contribution in [0.5, 0.6) is 11.5 Å². The summed E-state index contributed by atoms with van der Waals surface area (Å²) in [5.41, 5.74) is -2.78. The molecule has 0 spiro atoms. The van der Waals surface area contributed by atoms with Crippen molar-refractivity contribution in [1.29, 1.82) is 0 Å². The molecule has 13 heteroatoms. The number of methoxy groups -OCH3 is 2. The van der Waals surface area contributed by atoms with Gasteiger partial charge >= 0.3 is 12.4 Å². The highest BCUT2D eigenvalue weighted by molar-refractivity contribution is 8.18. The van der Waals surface area contributed by atoms with Crippen LogP contribution in [-0.4, -0.2) is 38.4 Å². The Morgan fingerprint density at radius 2 is 1.75 bits per heavy atom. The monoisotopic (exact) mass is 534 g/mol. The van der Waals surface area contributed by atoms with Crippen LogP contribution < -0.4 is 14.8 Å². The molecule has 1 amide bonds. The fourth-order valence-corrected chi connectivity index (χ4v) is 3.93. The van der Waals surface area contributed by atoms with E-state index in [1.165, 1.54) is 19.2 Å². The second kappa shape index (κ2) is 11.2. The predicted octanol–water partition coefficient (Wildman–Crippen LogP) is 5.52. The third-order valence-electron chi connectivity index (χ3n) is 4.81. The number of amides is 1. The number of aliphatic imine (C=N–C) groups is 1. The first-order chi connectivity index (χ1) is 16.9. The topological polar surface area (TPSA) is 69.2 Å². The van der Waals surface area contributed by atoms with Crippen molar-refractivity contribution in [3.63, 3.8) is 0 Å². The molecule has 1 aliphatic heterocycles. The average Bonchev–Trinajstić information content (AvgIpc) is 3.15. The molecular weight excluding hydrogens is 514 g/mol. The number of carbonyl (C=O) groups is 1. The van der Waals surface area contributed by atoms with Crippen molar-refractivity contribution in [3.8, 4) is 11.5 Å². The Morgan fingerprint density at radius 1 is 1.00 bits per heavy atom. The van der Waals surface area contributed by atoms with Crippen LogP contribution >= 0.6 is 11.8 Å². The molecule has 0 fully saturated rings. The Balaban J connectivity index is 1.76. The van der Waals surface area contributed by atoms with E-state index in [0.29, 0.717) is 34.9 Å². The van der Waals surface area contributed by atoms with Crippen LogP contribution in [0, 0.1) is 0 Å². The highest BCUT2D eigenvalue weighted by Gasteiger charge is 2.38. The van der Waals surface area contributed by atoms with Crippen LogP contribution in [0.3, 0.4) is 0 Å². The van der Waals surface area contributed by atoms with E-state index in [4.69, 9.17) is 14.2 Å². The summed E-state index contributed by atoms with van der Waals surface area (Å²) in [4.78, 5) is 16.4. The van der Waals surface area contributed by atoms with E-state index in [9.17, 15) is 31.1 Å². The number of thioether (sulfide) groups is 1. The number of amidine groups is 1. The van der Waals surface area contributed by atoms with Crippen molar-refractivity contribution in [2.24, 2.45) is 4.99 Å². The highest BCUT2D eigenvalue weighted by atomic mass is 32.2. The van der Waals surface area contributed by atoms with E-state index in [1.54, 1.807) is 19.3 Å². The molecule has 36 heavy (non-hydrogen) atoms. The van der Waals surface area contributed by atoms with Gasteiger partial charge in [0.15, 0.2) is 16.7 Å². The van der Waals surface area contributed by atoms with Crippen LogP contribution in [0.1, 0.15) is 22.3 Å². The molecule has 0 saturated heterocycles. The van der Waals surface area contributed by atoms with Gasteiger partial charge in [0, 0.05) is 19.2 Å². The molecule has 2 aromatic carbocycles. The number of hydrogen-bond donors (Lipinski definition) is 1. The molecule has 0 bridgehead atoms. The fourth-order valence-electron chi connectivity index (χ4n) is 3.09. The lowest BCUT2D eigenvalue weighted by Crippen LogP contribution is -2.23. The van der Waals surface area contributed by atoms with Gasteiger partial charge < -0.3 is 19.5 Å². The van der Waals surface area contributed by atoms with Crippen molar-refractivity contribution >= 4 is 28.9 Å². The normalized spacial score (nSPS) is 15.3. The Labute approximate surface area is 206 Å². The first-order valence-corrected chi connectivity index (χ1v) is 11.1. The van der Waals surface area contributed by atoms with Gasteiger partial charge in [-0.25, -0.2) is 0 Å². The molecule has 0 radical (unpaired) electrons. The summed E-state index contributed by atoms with van der Waals surface area (Å²) in [5.74, 6) is -0.225. The maximum atomic E-state index is 13.4. The number of alkyl halides is 6. The van der Waals surface area contributed by atoms with Crippen LogP contribution in [0.15, 0.2) is 46.3 Å². The van der Waals surface area contributed by atoms with Gasteiger partial charge in [-0.05, 0) is 47.7 Å². The second-order valence-electron chi connectivity index (χ2n) is 7.32. The Bertz CT molecular complexity index is 1180. The van der Waals surface area contributed by atoms with Crippen LogP contribution in [0.2, 0.25) is 0 Å². The lowest BCUT2D eigenvalue weighted by molar-refractivity contribution is -0.143. The molecule has 3 rings (SSSR count). The van der Waals surface area contributed by atoms with Crippen LogP contribution in [0.4, 0.5) is 26.3 Å². The van der Waals surface area contributed by atoms with E-state index in [0.717, 1.165) is 17.8 Å². The minimum atomic E-state index is -5.01. The van der Waals surface area contributed by atoms with E-state index >= 15 is 0 Å². The van der Waals surface area contributed by atoms with Gasteiger partial charge in [-0.15, -0.1) is 0 Å². The van der Waals surface area contributed by atoms with Gasteiger partial charge in [0.25, 0.3) is 5.91 Å². The number of carbonyl (C=O) groups excluding carboxylic acids is 1. The number of rotatable bonds is 8. The maximum Gasteiger partial charge on any atom is 0.416 e. The van der Waals surface area contributed by atoms with Gasteiger partial charge in [0.1, 0.15) is 6.61 Å². The zero-order chi connectivity index (χ0) is 26.5. The quantitative estimate of drug-likeness (QED) is 0.273. The van der Waals surface area contributed by atoms with Gasteiger partial charge in [0.05, 0.1) is 29.7 Å². The van der Waals surface area contributed by atoms with E-state index < -0.39 is 41.6 Å². The molecule has 1 N–H and O–H groups in total. The molecule has 0 unspecified atom stereocenters. The number of hydrogen-bond acceptors (Lipinski definition) is 6. The second-order valence-corrected chi connectivity index (χ2v) is 8.35. The first-order valence-electron chi connectivity index (χ1n) is 10.3. The number of ether oxygens (including phenoxy) is 3. The Morgan fingerprint density at radius 3 is 2.39 bits per heavy atom. The summed E-state index contributed by atoms with van der Waals surface area (Å²) in [5, 5.41) is 3.38. The lowest BCUT2D eigenvalue weighted by atomic mass is 10.0. The van der Waals surface area contributed by atoms with Gasteiger partial charge in [-0.3, -0.25) is 4.79 Å². The number of benzene rings is 2. The Kier molecular flexibility index (Phi) is 8.56. The minimum absolute atomic E-state index is 0.0575. The molecule has 1 heterocycles. The molecule has 2 aromatic rings. The van der Waals surface area contributed by atoms with Crippen molar-refractivity contribution in [2.45, 2.75) is 19.0 Å². The summed E-state index contributed by atoms with van der Waals surface area (Å²) in [7, 11) is 2.86. The zero-order valence-corrected chi connectivity index (χ0v) is 19.7. The molecular formula is C23H20F6N2O4S. The molecule has 194 valence electrons. The third-order valence-corrected chi connectivity index (χ3v) is 5.76. The molecule has 1 aliphatic rings. The largest absolute Gasteiger partial charge is 0.493 e. The minimum Gasteiger partial charge on any atom is -0.493 e. The van der Waals surface area contributed by atoms with Crippen molar-refractivity contribution in [1.82, 2.24) is 5.32 Å². The van der Waals surface area contributed by atoms with Crippen molar-refractivity contribution < 1.29 is 45.3 Å². The molecule has 0 saturated carbocycles. The average molecular weight is 534 g/mol. The summed E-state index contributed by atoms with van der Waals surface area (Å²) in [6.45, 7) is 0.253. The van der Waals surface area contributed by atoms with Gasteiger partial charge in [-0.2, -0.15) is 31.3 Å². The van der Waals surface area contributed by atoms with Gasteiger partial charge in [0.2, 0.25) is 0 Å². The lowest BCUT2D eigenvalue weighted by Gasteiger charge is -2.17. The Hall–Kier alpha value is -3.19. The van der Waals surface area contributed by atoms with E-state index in [2.05, 4.69) is 10.3 Å². The summed E-state index contributed by atoms with van der Waals surface area (Å²) >= 11 is 1.13. The smallest absolute Gasteiger partial charge is 0.416 e. The molecule has 0 atom stereocenters. The number of nitrogens with zero attached hydrogens (tertiary/aromatic N) is 1. The molecule has 0 aliphatic carbocycles. The molecule has 0 aromatic heterocycles. The van der Waals surface area contributed by atoms with Gasteiger partial charge in [-0.1, -0.05) is 12.1 Å². The summed E-state index contributed by atoms with van der Waals surface area (Å²) in [6, 6.07) is 5.83. The van der Waals surface area contributed by atoms with Crippen LogP contribution in [0.25, 0.3) is 6.08 Å². The SMILES string of the molecule is COCCNC1=NC(=O)C(=Cc2ccc(OCc3ccc(C(F)(F)F)cc3C(F)(F)F)c(OC)c2)S1. The molecule has 6 nitrogen and oxygen atoms in total. The van der Waals surface area contributed by atoms with E-state index in [-0.39, 0.29) is 17.6 Å².